The second-order valence-electron chi connectivity index (χ2n) is 5.29. The summed E-state index contributed by atoms with van der Waals surface area (Å²) in [6.07, 6.45) is 3.01. The second-order valence-corrected chi connectivity index (χ2v) is 6.52. The van der Waals surface area contributed by atoms with Gasteiger partial charge in [0.05, 0.1) is 6.57 Å². The number of benzene rings is 1. The van der Waals surface area contributed by atoms with Crippen LogP contribution < -0.4 is 5.43 Å². The molecule has 0 saturated heterocycles. The molecule has 0 unspecified atom stereocenters. The number of halogens is 1. The van der Waals surface area contributed by atoms with Crippen molar-refractivity contribution in [2.24, 2.45) is 0 Å². The number of carbonyl (C=O) groups is 2. The third-order valence-electron chi connectivity index (χ3n) is 3.58. The zero-order valence-electron chi connectivity index (χ0n) is 13.8. The summed E-state index contributed by atoms with van der Waals surface area (Å²) in [5.74, 6) is -0.553. The molecule has 2 aromatic rings. The molecule has 1 N–H and O–H groups in total. The van der Waals surface area contributed by atoms with E-state index in [0.717, 1.165) is 5.01 Å². The smallest absolute Gasteiger partial charge is 0.275 e. The summed E-state index contributed by atoms with van der Waals surface area (Å²) in [5.41, 5.74) is 3.81. The number of nitrogens with zero attached hydrogens (tertiary/aromatic N) is 4. The molecule has 1 aromatic carbocycles. The van der Waals surface area contributed by atoms with Crippen LogP contribution in [0.2, 0.25) is 5.02 Å². The topological polar surface area (TPSA) is 79.5 Å². The third-order valence-corrected chi connectivity index (χ3v) is 4.50. The highest BCUT2D eigenvalue weighted by Crippen LogP contribution is 2.35. The lowest BCUT2D eigenvalue weighted by Crippen LogP contribution is -2.36. The Hall–Kier alpha value is -2.89. The molecule has 0 atom stereocenters. The summed E-state index contributed by atoms with van der Waals surface area (Å²) in [6.45, 7) is 8.96. The molecule has 9 heteroatoms. The molecule has 0 bridgehead atoms. The number of thioether (sulfide) groups is 1. The van der Waals surface area contributed by atoms with Gasteiger partial charge in [-0.15, -0.1) is 11.8 Å². The number of rotatable bonds is 4. The highest BCUT2D eigenvalue weighted by atomic mass is 35.5. The minimum Gasteiger partial charge on any atom is -0.281 e. The lowest BCUT2D eigenvalue weighted by molar-refractivity contribution is -0.135. The summed E-state index contributed by atoms with van der Waals surface area (Å²) in [6, 6.07) is 6.91. The summed E-state index contributed by atoms with van der Waals surface area (Å²) in [4.78, 5) is 36.3. The standard InChI is InChI=1S/C17H12ClN5O2S/c1-9-8-12(24)23(17(9)25)22-15-13(19-2)16(26-3)21-14(20-15)10-4-6-11(18)7-5-10/h4-8H,1,3H3,(H,20,21,22). The van der Waals surface area contributed by atoms with Gasteiger partial charge in [0.2, 0.25) is 0 Å². The first kappa shape index (κ1) is 17.9. The highest BCUT2D eigenvalue weighted by Gasteiger charge is 2.30. The van der Waals surface area contributed by atoms with E-state index in [-0.39, 0.29) is 11.5 Å². The van der Waals surface area contributed by atoms with Gasteiger partial charge >= 0.3 is 0 Å². The quantitative estimate of drug-likeness (QED) is 0.374. The molecule has 1 aliphatic heterocycles. The van der Waals surface area contributed by atoms with Crippen LogP contribution in [0.25, 0.3) is 16.2 Å². The zero-order chi connectivity index (χ0) is 18.8. The molecule has 1 aromatic heterocycles. The number of hydrazine groups is 1. The van der Waals surface area contributed by atoms with Crippen molar-refractivity contribution >= 4 is 46.7 Å². The van der Waals surface area contributed by atoms with E-state index in [0.29, 0.717) is 27.0 Å². The lowest BCUT2D eigenvalue weighted by Gasteiger charge is -2.18. The Labute approximate surface area is 158 Å². The number of amides is 2. The molecule has 0 spiro atoms. The molecule has 0 aliphatic carbocycles. The van der Waals surface area contributed by atoms with Crippen LogP contribution in [0.1, 0.15) is 6.92 Å². The normalized spacial score (nSPS) is 13.6. The van der Waals surface area contributed by atoms with E-state index in [2.05, 4.69) is 20.2 Å². The number of nitrogens with one attached hydrogen (secondary N) is 1. The Balaban J connectivity index is 2.07. The van der Waals surface area contributed by atoms with E-state index in [1.165, 1.54) is 17.8 Å². The number of aromatic nitrogens is 2. The van der Waals surface area contributed by atoms with Crippen molar-refractivity contribution in [3.8, 4) is 11.4 Å². The molecule has 7 nitrogen and oxygen atoms in total. The van der Waals surface area contributed by atoms with Crippen molar-refractivity contribution in [2.45, 2.75) is 11.9 Å². The summed E-state index contributed by atoms with van der Waals surface area (Å²) < 4.78 is 0. The first-order chi connectivity index (χ1) is 12.4. The molecule has 1 aliphatic rings. The van der Waals surface area contributed by atoms with Crippen LogP contribution in [0.15, 0.2) is 40.9 Å². The number of anilines is 1. The Morgan fingerprint density at radius 1 is 1.23 bits per heavy atom. The molecule has 2 heterocycles. The fourth-order valence-electron chi connectivity index (χ4n) is 2.28. The van der Waals surface area contributed by atoms with Gasteiger partial charge in [-0.3, -0.25) is 15.0 Å². The van der Waals surface area contributed by atoms with Crippen LogP contribution in [0.5, 0.6) is 0 Å². The molecule has 0 fully saturated rings. The summed E-state index contributed by atoms with van der Waals surface area (Å²) >= 11 is 7.19. The molecular weight excluding hydrogens is 374 g/mol. The van der Waals surface area contributed by atoms with Gasteiger partial charge in [0.25, 0.3) is 17.5 Å². The second kappa shape index (κ2) is 7.15. The van der Waals surface area contributed by atoms with Gasteiger partial charge in [-0.05, 0) is 37.4 Å². The van der Waals surface area contributed by atoms with Crippen molar-refractivity contribution in [2.75, 3.05) is 11.7 Å². The van der Waals surface area contributed by atoms with E-state index in [4.69, 9.17) is 18.2 Å². The van der Waals surface area contributed by atoms with Gasteiger partial charge in [-0.1, -0.05) is 11.6 Å². The fourth-order valence-corrected chi connectivity index (χ4v) is 2.92. The number of hydrogen-bond donors (Lipinski definition) is 1. The summed E-state index contributed by atoms with van der Waals surface area (Å²) in [5, 5.41) is 1.85. The number of imide groups is 1. The van der Waals surface area contributed by atoms with Gasteiger partial charge in [-0.2, -0.15) is 5.01 Å². The van der Waals surface area contributed by atoms with E-state index >= 15 is 0 Å². The maximum Gasteiger partial charge on any atom is 0.275 e. The first-order valence-corrected chi connectivity index (χ1v) is 8.97. The lowest BCUT2D eigenvalue weighted by atomic mass is 10.2. The fraction of sp³-hybridized carbons (Fsp3) is 0.118. The van der Waals surface area contributed by atoms with Crippen LogP contribution in [0, 0.1) is 6.57 Å². The maximum atomic E-state index is 12.1. The van der Waals surface area contributed by atoms with Crippen LogP contribution in [0.3, 0.4) is 0 Å². The van der Waals surface area contributed by atoms with Gasteiger partial charge in [0.1, 0.15) is 5.03 Å². The maximum absolute atomic E-state index is 12.1. The average molecular weight is 386 g/mol. The van der Waals surface area contributed by atoms with Crippen molar-refractivity contribution in [3.05, 3.63) is 52.4 Å². The minimum absolute atomic E-state index is 0.0918. The van der Waals surface area contributed by atoms with E-state index < -0.39 is 11.8 Å². The van der Waals surface area contributed by atoms with Crippen molar-refractivity contribution in [1.82, 2.24) is 15.0 Å². The van der Waals surface area contributed by atoms with Crippen molar-refractivity contribution < 1.29 is 9.59 Å². The monoisotopic (exact) mass is 385 g/mol. The minimum atomic E-state index is -0.513. The summed E-state index contributed by atoms with van der Waals surface area (Å²) in [7, 11) is 0. The average Bonchev–Trinajstić information content (AvgIpc) is 2.87. The number of hydrogen-bond acceptors (Lipinski definition) is 6. The van der Waals surface area contributed by atoms with Crippen LogP contribution in [-0.2, 0) is 9.59 Å². The van der Waals surface area contributed by atoms with E-state index in [1.807, 2.05) is 0 Å². The van der Waals surface area contributed by atoms with Gasteiger partial charge in [-0.25, -0.2) is 14.8 Å². The SMILES string of the molecule is [C-]#[N+]c1c(NN2C(=O)C=C(C)C2=O)nc(-c2ccc(Cl)cc2)nc1SC. The van der Waals surface area contributed by atoms with Crippen LogP contribution in [-0.4, -0.2) is 33.0 Å². The predicted molar refractivity (Wildman–Crippen MR) is 99.8 cm³/mol. The van der Waals surface area contributed by atoms with E-state index in [1.54, 1.807) is 37.4 Å². The molecule has 3 rings (SSSR count). The molecule has 0 saturated carbocycles. The molecule has 26 heavy (non-hydrogen) atoms. The Kier molecular flexibility index (Phi) is 4.93. The largest absolute Gasteiger partial charge is 0.281 e. The van der Waals surface area contributed by atoms with Gasteiger partial charge in [0, 0.05) is 22.2 Å². The molecule has 2 amide bonds. The number of carbonyl (C=O) groups excluding carboxylic acids is 2. The van der Waals surface area contributed by atoms with Gasteiger partial charge < -0.3 is 0 Å². The van der Waals surface area contributed by atoms with E-state index in [9.17, 15) is 9.59 Å². The molecule has 130 valence electrons. The highest BCUT2D eigenvalue weighted by molar-refractivity contribution is 7.98. The van der Waals surface area contributed by atoms with Crippen molar-refractivity contribution in [3.63, 3.8) is 0 Å². The van der Waals surface area contributed by atoms with Crippen molar-refractivity contribution in [1.29, 1.82) is 0 Å². The molecular formula is C17H12ClN5O2S. The zero-order valence-corrected chi connectivity index (χ0v) is 15.4. The van der Waals surface area contributed by atoms with Crippen LogP contribution in [0.4, 0.5) is 11.5 Å². The Morgan fingerprint density at radius 2 is 1.92 bits per heavy atom. The third kappa shape index (κ3) is 3.27. The molecule has 0 radical (unpaired) electrons. The first-order valence-electron chi connectivity index (χ1n) is 7.37. The predicted octanol–water partition coefficient (Wildman–Crippen LogP) is 3.71. The van der Waals surface area contributed by atoms with Crippen LogP contribution >= 0.6 is 23.4 Å². The Bertz CT molecular complexity index is 982. The Morgan fingerprint density at radius 3 is 2.46 bits per heavy atom. The van der Waals surface area contributed by atoms with Gasteiger partial charge in [0.15, 0.2) is 11.6 Å².